The number of nitrogens with one attached hydrogen (secondary N) is 1. The maximum Gasteiger partial charge on any atom is 0.170 e. The Morgan fingerprint density at radius 2 is 2.15 bits per heavy atom. The molecule has 2 heterocycles. The second kappa shape index (κ2) is 3.54. The highest BCUT2D eigenvalue weighted by atomic mass is 19.1. The molecule has 3 unspecified atom stereocenters. The summed E-state index contributed by atoms with van der Waals surface area (Å²) >= 11 is 0. The fourth-order valence-corrected chi connectivity index (χ4v) is 2.45. The molecule has 2 nitrogen and oxygen atoms in total. The molecule has 0 spiro atoms. The molecule has 0 saturated carbocycles. The SMILES string of the molecule is CC(C)C1NC2CCCCN2C1F. The van der Waals surface area contributed by atoms with E-state index in [1.165, 1.54) is 6.42 Å². The molecule has 3 heteroatoms. The van der Waals surface area contributed by atoms with Gasteiger partial charge in [0.05, 0.1) is 12.2 Å². The zero-order valence-corrected chi connectivity index (χ0v) is 8.46. The lowest BCUT2D eigenvalue weighted by Gasteiger charge is -2.29. The molecule has 1 N–H and O–H groups in total. The van der Waals surface area contributed by atoms with Gasteiger partial charge in [-0.3, -0.25) is 10.2 Å². The average Bonchev–Trinajstić information content (AvgIpc) is 2.45. The number of hydrogen-bond acceptors (Lipinski definition) is 2. The highest BCUT2D eigenvalue weighted by Gasteiger charge is 2.42. The van der Waals surface area contributed by atoms with Crippen LogP contribution in [0.2, 0.25) is 0 Å². The van der Waals surface area contributed by atoms with E-state index in [0.29, 0.717) is 12.1 Å². The smallest absolute Gasteiger partial charge is 0.170 e. The summed E-state index contributed by atoms with van der Waals surface area (Å²) in [5, 5.41) is 3.39. The quantitative estimate of drug-likeness (QED) is 0.627. The van der Waals surface area contributed by atoms with E-state index in [-0.39, 0.29) is 6.04 Å². The molecule has 2 fully saturated rings. The van der Waals surface area contributed by atoms with E-state index < -0.39 is 6.30 Å². The maximum atomic E-state index is 13.8. The van der Waals surface area contributed by atoms with Gasteiger partial charge in [-0.25, -0.2) is 4.39 Å². The second-order valence-electron chi connectivity index (χ2n) is 4.56. The molecular weight excluding hydrogens is 167 g/mol. The number of hydrogen-bond donors (Lipinski definition) is 1. The first kappa shape index (κ1) is 9.41. The van der Waals surface area contributed by atoms with Crippen molar-refractivity contribution in [2.75, 3.05) is 6.54 Å². The number of halogens is 1. The highest BCUT2D eigenvalue weighted by Crippen LogP contribution is 2.29. The van der Waals surface area contributed by atoms with E-state index in [4.69, 9.17) is 0 Å². The monoisotopic (exact) mass is 186 g/mol. The van der Waals surface area contributed by atoms with Crippen molar-refractivity contribution in [1.29, 1.82) is 0 Å². The predicted octanol–water partition coefficient (Wildman–Crippen LogP) is 1.72. The first-order valence-corrected chi connectivity index (χ1v) is 5.36. The van der Waals surface area contributed by atoms with Gasteiger partial charge >= 0.3 is 0 Å². The fourth-order valence-electron chi connectivity index (χ4n) is 2.45. The predicted molar refractivity (Wildman–Crippen MR) is 51.0 cm³/mol. The van der Waals surface area contributed by atoms with Crippen molar-refractivity contribution in [2.24, 2.45) is 5.92 Å². The zero-order valence-electron chi connectivity index (χ0n) is 8.46. The second-order valence-corrected chi connectivity index (χ2v) is 4.56. The van der Waals surface area contributed by atoms with Gasteiger partial charge < -0.3 is 0 Å². The Bertz CT molecular complexity index is 182. The minimum absolute atomic E-state index is 0.0445. The van der Waals surface area contributed by atoms with Crippen LogP contribution in [0.1, 0.15) is 33.1 Å². The summed E-state index contributed by atoms with van der Waals surface area (Å²) in [6.07, 6.45) is 3.07. The summed E-state index contributed by atoms with van der Waals surface area (Å²) in [4.78, 5) is 1.99. The van der Waals surface area contributed by atoms with E-state index in [9.17, 15) is 4.39 Å². The number of fused-ring (bicyclic) bond motifs is 1. The summed E-state index contributed by atoms with van der Waals surface area (Å²) in [6.45, 7) is 5.10. The van der Waals surface area contributed by atoms with Gasteiger partial charge in [-0.2, -0.15) is 0 Å². The molecule has 2 aliphatic rings. The molecule has 0 bridgehead atoms. The first-order valence-electron chi connectivity index (χ1n) is 5.36. The Hall–Kier alpha value is -0.150. The number of alkyl halides is 1. The van der Waals surface area contributed by atoms with Gasteiger partial charge in [-0.15, -0.1) is 0 Å². The van der Waals surface area contributed by atoms with Crippen molar-refractivity contribution in [3.05, 3.63) is 0 Å². The van der Waals surface area contributed by atoms with E-state index in [1.807, 2.05) is 4.90 Å². The largest absolute Gasteiger partial charge is 0.294 e. The molecule has 13 heavy (non-hydrogen) atoms. The van der Waals surface area contributed by atoms with Gasteiger partial charge in [0, 0.05) is 6.54 Å². The highest BCUT2D eigenvalue weighted by molar-refractivity contribution is 4.93. The third-order valence-electron chi connectivity index (χ3n) is 3.26. The molecule has 2 aliphatic heterocycles. The van der Waals surface area contributed by atoms with Crippen LogP contribution in [-0.4, -0.2) is 29.9 Å². The van der Waals surface area contributed by atoms with E-state index >= 15 is 0 Å². The molecule has 0 amide bonds. The fraction of sp³-hybridized carbons (Fsp3) is 1.00. The average molecular weight is 186 g/mol. The Labute approximate surface area is 79.5 Å². The molecule has 0 aromatic heterocycles. The standard InChI is InChI=1S/C10H19FN2/c1-7(2)9-10(11)13-6-4-3-5-8(13)12-9/h7-10,12H,3-6H2,1-2H3. The first-order chi connectivity index (χ1) is 6.20. The number of rotatable bonds is 1. The topological polar surface area (TPSA) is 15.3 Å². The molecule has 2 rings (SSSR count). The molecule has 76 valence electrons. The van der Waals surface area contributed by atoms with E-state index in [0.717, 1.165) is 19.4 Å². The van der Waals surface area contributed by atoms with Crippen molar-refractivity contribution >= 4 is 0 Å². The number of piperidine rings is 1. The van der Waals surface area contributed by atoms with Gasteiger partial charge in [-0.05, 0) is 25.2 Å². The van der Waals surface area contributed by atoms with Crippen LogP contribution < -0.4 is 5.32 Å². The number of nitrogens with zero attached hydrogens (tertiary/aromatic N) is 1. The molecule has 0 aromatic rings. The normalized spacial score (nSPS) is 41.1. The summed E-state index contributed by atoms with van der Waals surface area (Å²) in [5.74, 6) is 0.389. The Morgan fingerprint density at radius 3 is 2.77 bits per heavy atom. The van der Waals surface area contributed by atoms with Crippen molar-refractivity contribution in [3.8, 4) is 0 Å². The van der Waals surface area contributed by atoms with Crippen LogP contribution in [0.4, 0.5) is 4.39 Å². The summed E-state index contributed by atoms with van der Waals surface area (Å²) in [6, 6.07) is 0.0445. The van der Waals surface area contributed by atoms with Gasteiger partial charge in [0.2, 0.25) is 0 Å². The Kier molecular flexibility index (Phi) is 2.56. The lowest BCUT2D eigenvalue weighted by Crippen LogP contribution is -2.41. The third kappa shape index (κ3) is 1.59. The minimum Gasteiger partial charge on any atom is -0.294 e. The van der Waals surface area contributed by atoms with E-state index in [1.54, 1.807) is 0 Å². The van der Waals surface area contributed by atoms with Gasteiger partial charge in [0.25, 0.3) is 0 Å². The van der Waals surface area contributed by atoms with Crippen LogP contribution in [-0.2, 0) is 0 Å². The van der Waals surface area contributed by atoms with Gasteiger partial charge in [-0.1, -0.05) is 13.8 Å². The van der Waals surface area contributed by atoms with Gasteiger partial charge in [0.15, 0.2) is 6.30 Å². The van der Waals surface area contributed by atoms with Gasteiger partial charge in [0.1, 0.15) is 0 Å². The third-order valence-corrected chi connectivity index (χ3v) is 3.26. The summed E-state index contributed by atoms with van der Waals surface area (Å²) in [5.41, 5.74) is 0. The zero-order chi connectivity index (χ0) is 9.42. The molecule has 2 saturated heterocycles. The molecule has 0 radical (unpaired) electrons. The molecular formula is C10H19FN2. The maximum absolute atomic E-state index is 13.8. The minimum atomic E-state index is -0.759. The lowest BCUT2D eigenvalue weighted by molar-refractivity contribution is 0.0569. The van der Waals surface area contributed by atoms with Crippen molar-refractivity contribution in [3.63, 3.8) is 0 Å². The van der Waals surface area contributed by atoms with Crippen molar-refractivity contribution in [1.82, 2.24) is 10.2 Å². The van der Waals surface area contributed by atoms with Crippen LogP contribution in [0.5, 0.6) is 0 Å². The van der Waals surface area contributed by atoms with Crippen LogP contribution in [0.15, 0.2) is 0 Å². The van der Waals surface area contributed by atoms with Crippen LogP contribution >= 0.6 is 0 Å². The van der Waals surface area contributed by atoms with Crippen molar-refractivity contribution < 1.29 is 4.39 Å². The lowest BCUT2D eigenvalue weighted by atomic mass is 10.0. The Morgan fingerprint density at radius 1 is 1.38 bits per heavy atom. The summed E-state index contributed by atoms with van der Waals surface area (Å²) < 4.78 is 13.8. The molecule has 0 aliphatic carbocycles. The molecule has 0 aromatic carbocycles. The van der Waals surface area contributed by atoms with Crippen LogP contribution in [0.25, 0.3) is 0 Å². The van der Waals surface area contributed by atoms with Crippen LogP contribution in [0, 0.1) is 5.92 Å². The summed E-state index contributed by atoms with van der Waals surface area (Å²) in [7, 11) is 0. The van der Waals surface area contributed by atoms with Crippen molar-refractivity contribution in [2.45, 2.75) is 51.6 Å². The molecule has 3 atom stereocenters. The Balaban J connectivity index is 2.05. The van der Waals surface area contributed by atoms with E-state index in [2.05, 4.69) is 19.2 Å². The van der Waals surface area contributed by atoms with Crippen LogP contribution in [0.3, 0.4) is 0 Å².